The first-order valence-electron chi connectivity index (χ1n) is 12.9. The number of halogens is 1. The first-order valence-corrected chi connectivity index (χ1v) is 13.7. The molecule has 37 heavy (non-hydrogen) atoms. The predicted octanol–water partition coefficient (Wildman–Crippen LogP) is 7.68. The molecule has 1 aliphatic heterocycles. The van der Waals surface area contributed by atoms with Crippen LogP contribution in [0, 0.1) is 5.92 Å². The van der Waals surface area contributed by atoms with Gasteiger partial charge in [-0.25, -0.2) is 5.01 Å². The van der Waals surface area contributed by atoms with Gasteiger partial charge in [0.25, 0.3) is 5.91 Å². The maximum absolute atomic E-state index is 13.8. The van der Waals surface area contributed by atoms with E-state index in [4.69, 9.17) is 14.6 Å². The van der Waals surface area contributed by atoms with Gasteiger partial charge in [-0.15, -0.1) is 0 Å². The molecule has 6 heteroatoms. The lowest BCUT2D eigenvalue weighted by Crippen LogP contribution is -2.31. The lowest BCUT2D eigenvalue weighted by molar-refractivity contribution is 0.0681. The second-order valence-corrected chi connectivity index (χ2v) is 10.2. The Morgan fingerprint density at radius 3 is 2.19 bits per heavy atom. The molecule has 3 aromatic carbocycles. The summed E-state index contributed by atoms with van der Waals surface area (Å²) in [4.78, 5) is 13.8. The standard InChI is InChI=1S/C31H31BrN2O3/c1-3-36-26-16-8-21(9-17-26)20-24-6-5-7-28-29(24)33-34(31(35)23-10-14-25(32)15-11-23)30(28)22-12-18-27(19-13-22)37-4-2/h8-20,28,30H,3-7H2,1-2H3/b24-20+/t28-,30-/m1/s1. The third kappa shape index (κ3) is 5.49. The third-order valence-corrected chi connectivity index (χ3v) is 7.39. The number of rotatable bonds is 7. The van der Waals surface area contributed by atoms with Crippen molar-refractivity contribution in [2.24, 2.45) is 11.0 Å². The van der Waals surface area contributed by atoms with Crippen LogP contribution >= 0.6 is 15.9 Å². The highest BCUT2D eigenvalue weighted by atomic mass is 79.9. The van der Waals surface area contributed by atoms with Crippen molar-refractivity contribution < 1.29 is 14.3 Å². The number of carbonyl (C=O) groups is 1. The van der Waals surface area contributed by atoms with E-state index < -0.39 is 0 Å². The Balaban J connectivity index is 1.52. The van der Waals surface area contributed by atoms with Crippen molar-refractivity contribution in [2.45, 2.75) is 39.2 Å². The Morgan fingerprint density at radius 2 is 1.57 bits per heavy atom. The van der Waals surface area contributed by atoms with Crippen LogP contribution in [-0.4, -0.2) is 29.8 Å². The van der Waals surface area contributed by atoms with E-state index in [2.05, 4.69) is 46.3 Å². The zero-order valence-corrected chi connectivity index (χ0v) is 22.8. The van der Waals surface area contributed by atoms with Gasteiger partial charge in [0.15, 0.2) is 0 Å². The number of ether oxygens (including phenoxy) is 2. The molecule has 0 spiro atoms. The van der Waals surface area contributed by atoms with E-state index in [1.54, 1.807) is 5.01 Å². The molecule has 0 radical (unpaired) electrons. The summed E-state index contributed by atoms with van der Waals surface area (Å²) in [5, 5.41) is 6.72. The maximum atomic E-state index is 13.8. The molecular formula is C31H31BrN2O3. The molecule has 2 aliphatic rings. The predicted molar refractivity (Wildman–Crippen MR) is 151 cm³/mol. The molecule has 5 rings (SSSR count). The van der Waals surface area contributed by atoms with E-state index in [0.717, 1.165) is 52.1 Å². The topological polar surface area (TPSA) is 51.1 Å². The van der Waals surface area contributed by atoms with E-state index in [1.165, 1.54) is 5.57 Å². The highest BCUT2D eigenvalue weighted by Gasteiger charge is 2.43. The number of hydrazone groups is 1. The number of fused-ring (bicyclic) bond motifs is 1. The molecule has 1 heterocycles. The average molecular weight is 560 g/mol. The minimum absolute atomic E-state index is 0.0892. The summed E-state index contributed by atoms with van der Waals surface area (Å²) in [6.07, 6.45) is 5.20. The second-order valence-electron chi connectivity index (χ2n) is 9.26. The van der Waals surface area contributed by atoms with Crippen molar-refractivity contribution in [1.82, 2.24) is 5.01 Å². The van der Waals surface area contributed by atoms with Gasteiger partial charge < -0.3 is 9.47 Å². The van der Waals surface area contributed by atoms with Gasteiger partial charge in [-0.1, -0.05) is 40.2 Å². The molecule has 5 nitrogen and oxygen atoms in total. The number of amides is 1. The molecule has 3 aromatic rings. The second kappa shape index (κ2) is 11.3. The number of hydrogen-bond acceptors (Lipinski definition) is 4. The summed E-state index contributed by atoms with van der Waals surface area (Å²) >= 11 is 3.47. The van der Waals surface area contributed by atoms with Crippen molar-refractivity contribution in [2.75, 3.05) is 13.2 Å². The SMILES string of the molecule is CCOc1ccc(/C=C2\CCC[C@@H]3C2=NN(C(=O)c2ccc(Br)cc2)[C@@H]3c2ccc(OCC)cc2)cc1. The summed E-state index contributed by atoms with van der Waals surface area (Å²) in [5.74, 6) is 1.75. The normalized spacial score (nSPS) is 19.9. The van der Waals surface area contributed by atoms with Gasteiger partial charge in [0.1, 0.15) is 11.5 Å². The molecule has 0 aromatic heterocycles. The lowest BCUT2D eigenvalue weighted by atomic mass is 9.77. The lowest BCUT2D eigenvalue weighted by Gasteiger charge is -2.29. The monoisotopic (exact) mass is 558 g/mol. The Bertz CT molecular complexity index is 1300. The first-order chi connectivity index (χ1) is 18.1. The van der Waals surface area contributed by atoms with Gasteiger partial charge >= 0.3 is 0 Å². The summed E-state index contributed by atoms with van der Waals surface area (Å²) in [5.41, 5.74) is 5.02. The zero-order chi connectivity index (χ0) is 25.8. The van der Waals surface area contributed by atoms with Crippen LogP contribution < -0.4 is 9.47 Å². The highest BCUT2D eigenvalue weighted by Crippen LogP contribution is 2.45. The van der Waals surface area contributed by atoms with E-state index in [9.17, 15) is 4.79 Å². The van der Waals surface area contributed by atoms with E-state index in [0.29, 0.717) is 18.8 Å². The maximum Gasteiger partial charge on any atom is 0.274 e. The van der Waals surface area contributed by atoms with E-state index in [1.807, 2.05) is 62.4 Å². The van der Waals surface area contributed by atoms with Crippen LogP contribution in [0.1, 0.15) is 60.6 Å². The minimum Gasteiger partial charge on any atom is -0.494 e. The van der Waals surface area contributed by atoms with Crippen molar-refractivity contribution in [3.63, 3.8) is 0 Å². The van der Waals surface area contributed by atoms with Crippen molar-refractivity contribution in [3.05, 3.63) is 99.5 Å². The van der Waals surface area contributed by atoms with Crippen molar-refractivity contribution >= 4 is 33.6 Å². The van der Waals surface area contributed by atoms with Crippen LogP contribution in [0.4, 0.5) is 0 Å². The Labute approximate surface area is 226 Å². The van der Waals surface area contributed by atoms with Crippen LogP contribution in [0.5, 0.6) is 11.5 Å². The molecule has 1 aliphatic carbocycles. The molecule has 0 saturated heterocycles. The van der Waals surface area contributed by atoms with Crippen LogP contribution in [-0.2, 0) is 0 Å². The van der Waals surface area contributed by atoms with Crippen molar-refractivity contribution in [3.8, 4) is 11.5 Å². The Morgan fingerprint density at radius 1 is 0.946 bits per heavy atom. The molecule has 1 amide bonds. The fourth-order valence-corrected chi connectivity index (χ4v) is 5.45. The fourth-order valence-electron chi connectivity index (χ4n) is 5.18. The van der Waals surface area contributed by atoms with Crippen molar-refractivity contribution in [1.29, 1.82) is 0 Å². The molecule has 190 valence electrons. The number of benzene rings is 3. The zero-order valence-electron chi connectivity index (χ0n) is 21.2. The molecule has 1 fully saturated rings. The number of carbonyl (C=O) groups excluding carboxylic acids is 1. The molecule has 2 atom stereocenters. The third-order valence-electron chi connectivity index (χ3n) is 6.87. The van der Waals surface area contributed by atoms with Gasteiger partial charge in [0, 0.05) is 16.0 Å². The quantitative estimate of drug-likeness (QED) is 0.298. The van der Waals surface area contributed by atoms with Crippen LogP contribution in [0.3, 0.4) is 0 Å². The summed E-state index contributed by atoms with van der Waals surface area (Å²) in [7, 11) is 0. The van der Waals surface area contributed by atoms with E-state index >= 15 is 0 Å². The molecular weight excluding hydrogens is 528 g/mol. The summed E-state index contributed by atoms with van der Waals surface area (Å²) in [6, 6.07) is 23.6. The van der Waals surface area contributed by atoms with Crippen LogP contribution in [0.15, 0.2) is 87.9 Å². The van der Waals surface area contributed by atoms with Gasteiger partial charge in [0.2, 0.25) is 0 Å². The molecule has 1 saturated carbocycles. The molecule has 0 unspecified atom stereocenters. The molecule has 0 N–H and O–H groups in total. The van der Waals surface area contributed by atoms with E-state index in [-0.39, 0.29) is 17.9 Å². The van der Waals surface area contributed by atoms with Crippen LogP contribution in [0.2, 0.25) is 0 Å². The highest BCUT2D eigenvalue weighted by molar-refractivity contribution is 9.10. The summed E-state index contributed by atoms with van der Waals surface area (Å²) in [6.45, 7) is 5.23. The first kappa shape index (κ1) is 25.3. The van der Waals surface area contributed by atoms with Gasteiger partial charge in [-0.2, -0.15) is 5.10 Å². The largest absolute Gasteiger partial charge is 0.494 e. The smallest absolute Gasteiger partial charge is 0.274 e. The number of nitrogens with zero attached hydrogens (tertiary/aromatic N) is 2. The summed E-state index contributed by atoms with van der Waals surface area (Å²) < 4.78 is 12.2. The Kier molecular flexibility index (Phi) is 7.75. The van der Waals surface area contributed by atoms with Gasteiger partial charge in [0.05, 0.1) is 25.0 Å². The van der Waals surface area contributed by atoms with Gasteiger partial charge in [-0.3, -0.25) is 4.79 Å². The van der Waals surface area contributed by atoms with Gasteiger partial charge in [-0.05, 0) is 104 Å². The Hall–Kier alpha value is -3.38. The average Bonchev–Trinajstić information content (AvgIpc) is 3.31. The number of hydrogen-bond donors (Lipinski definition) is 0. The molecule has 0 bridgehead atoms. The minimum atomic E-state index is -0.161. The number of allylic oxidation sites excluding steroid dienone is 1. The van der Waals surface area contributed by atoms with Crippen LogP contribution in [0.25, 0.3) is 6.08 Å². The fraction of sp³-hybridized carbons (Fsp3) is 0.290.